The van der Waals surface area contributed by atoms with Gasteiger partial charge >= 0.3 is 0 Å². The van der Waals surface area contributed by atoms with E-state index in [1.54, 1.807) is 14.2 Å². The maximum atomic E-state index is 12.8. The number of carbonyl (C=O) groups is 1. The van der Waals surface area contributed by atoms with Crippen molar-refractivity contribution in [2.45, 2.75) is 38.2 Å². The molecule has 0 saturated carbocycles. The van der Waals surface area contributed by atoms with Gasteiger partial charge in [-0.05, 0) is 30.5 Å². The third-order valence-corrected chi connectivity index (χ3v) is 4.81. The lowest BCUT2D eigenvalue weighted by Gasteiger charge is -2.38. The van der Waals surface area contributed by atoms with Crippen molar-refractivity contribution < 1.29 is 18.8 Å². The van der Waals surface area contributed by atoms with Crippen LogP contribution in [0.5, 0.6) is 5.75 Å². The summed E-state index contributed by atoms with van der Waals surface area (Å²) in [4.78, 5) is 19.1. The summed E-state index contributed by atoms with van der Waals surface area (Å²) in [7, 11) is 3.21. The molecule has 1 saturated heterocycles. The third-order valence-electron chi connectivity index (χ3n) is 4.81. The Balaban J connectivity index is 1.69. The summed E-state index contributed by atoms with van der Waals surface area (Å²) in [5.41, 5.74) is 0.640. The SMILES string of the molecule is COCc1nc(C2(C)CCCN(C(=O)Cc3cccc(OC)c3)C2)no1. The van der Waals surface area contributed by atoms with Crippen LogP contribution in [0.2, 0.25) is 0 Å². The molecule has 1 amide bonds. The smallest absolute Gasteiger partial charge is 0.252 e. The Morgan fingerprint density at radius 3 is 3.00 bits per heavy atom. The molecule has 0 radical (unpaired) electrons. The fourth-order valence-corrected chi connectivity index (χ4v) is 3.39. The summed E-state index contributed by atoms with van der Waals surface area (Å²) in [6, 6.07) is 7.62. The van der Waals surface area contributed by atoms with E-state index in [0.717, 1.165) is 30.7 Å². The number of benzene rings is 1. The topological polar surface area (TPSA) is 77.7 Å². The maximum Gasteiger partial charge on any atom is 0.252 e. The zero-order chi connectivity index (χ0) is 18.6. The number of aromatic nitrogens is 2. The number of nitrogens with zero attached hydrogens (tertiary/aromatic N) is 3. The van der Waals surface area contributed by atoms with Crippen LogP contribution < -0.4 is 4.74 Å². The summed E-state index contributed by atoms with van der Waals surface area (Å²) in [5.74, 6) is 1.97. The van der Waals surface area contributed by atoms with Gasteiger partial charge in [-0.3, -0.25) is 4.79 Å². The van der Waals surface area contributed by atoms with Crippen LogP contribution >= 0.6 is 0 Å². The van der Waals surface area contributed by atoms with E-state index in [9.17, 15) is 4.79 Å². The van der Waals surface area contributed by atoms with Crippen molar-refractivity contribution in [1.29, 1.82) is 0 Å². The number of amides is 1. The molecule has 7 nitrogen and oxygen atoms in total. The second kappa shape index (κ2) is 7.86. The molecule has 2 heterocycles. The standard InChI is InChI=1S/C19H25N3O4/c1-19(18-20-16(12-24-2)26-21-18)8-5-9-22(13-19)17(23)11-14-6-4-7-15(10-14)25-3/h4,6-7,10H,5,8-9,11-13H2,1-3H3. The predicted octanol–water partition coefficient (Wildman–Crippen LogP) is 2.35. The van der Waals surface area contributed by atoms with Crippen molar-refractivity contribution in [1.82, 2.24) is 15.0 Å². The summed E-state index contributed by atoms with van der Waals surface area (Å²) in [6.45, 7) is 3.71. The zero-order valence-corrected chi connectivity index (χ0v) is 15.5. The molecular formula is C19H25N3O4. The van der Waals surface area contributed by atoms with Crippen molar-refractivity contribution in [2.75, 3.05) is 27.3 Å². The molecular weight excluding hydrogens is 334 g/mol. The van der Waals surface area contributed by atoms with Crippen LogP contribution in [0.3, 0.4) is 0 Å². The lowest BCUT2D eigenvalue weighted by atomic mass is 9.81. The second-order valence-corrected chi connectivity index (χ2v) is 6.95. The normalized spacial score (nSPS) is 20.2. The number of ether oxygens (including phenoxy) is 2. The minimum Gasteiger partial charge on any atom is -0.497 e. The van der Waals surface area contributed by atoms with Gasteiger partial charge in [0.2, 0.25) is 5.91 Å². The summed E-state index contributed by atoms with van der Waals surface area (Å²) in [5, 5.41) is 4.11. The van der Waals surface area contributed by atoms with Crippen molar-refractivity contribution in [3.63, 3.8) is 0 Å². The van der Waals surface area contributed by atoms with Gasteiger partial charge in [-0.2, -0.15) is 4.98 Å². The number of hydrogen-bond donors (Lipinski definition) is 0. The molecule has 0 aliphatic carbocycles. The number of piperidine rings is 1. The van der Waals surface area contributed by atoms with Crippen LogP contribution in [-0.4, -0.2) is 48.3 Å². The summed E-state index contributed by atoms with van der Waals surface area (Å²) >= 11 is 0. The molecule has 26 heavy (non-hydrogen) atoms. The minimum absolute atomic E-state index is 0.102. The highest BCUT2D eigenvalue weighted by atomic mass is 16.5. The first-order valence-electron chi connectivity index (χ1n) is 8.77. The average molecular weight is 359 g/mol. The van der Waals surface area contributed by atoms with Gasteiger partial charge < -0.3 is 18.9 Å². The van der Waals surface area contributed by atoms with E-state index >= 15 is 0 Å². The highest BCUT2D eigenvalue weighted by Gasteiger charge is 2.38. The molecule has 0 N–H and O–H groups in total. The van der Waals surface area contributed by atoms with E-state index in [1.165, 1.54) is 0 Å². The number of hydrogen-bond acceptors (Lipinski definition) is 6. The van der Waals surface area contributed by atoms with Gasteiger partial charge in [-0.1, -0.05) is 24.2 Å². The zero-order valence-electron chi connectivity index (χ0n) is 15.5. The number of rotatable bonds is 6. The number of likely N-dealkylation sites (tertiary alicyclic amines) is 1. The largest absolute Gasteiger partial charge is 0.497 e. The maximum absolute atomic E-state index is 12.8. The highest BCUT2D eigenvalue weighted by molar-refractivity contribution is 5.79. The fourth-order valence-electron chi connectivity index (χ4n) is 3.39. The molecule has 2 aromatic rings. The first-order valence-corrected chi connectivity index (χ1v) is 8.77. The van der Waals surface area contributed by atoms with E-state index in [4.69, 9.17) is 14.0 Å². The minimum atomic E-state index is -0.308. The van der Waals surface area contributed by atoms with Crippen molar-refractivity contribution in [3.8, 4) is 5.75 Å². The van der Waals surface area contributed by atoms with E-state index in [2.05, 4.69) is 17.1 Å². The summed E-state index contributed by atoms with van der Waals surface area (Å²) < 4.78 is 15.5. The lowest BCUT2D eigenvalue weighted by Crippen LogP contribution is -2.48. The van der Waals surface area contributed by atoms with Crippen LogP contribution in [0.4, 0.5) is 0 Å². The molecule has 1 aromatic heterocycles. The molecule has 1 aliphatic heterocycles. The highest BCUT2D eigenvalue weighted by Crippen LogP contribution is 2.32. The molecule has 1 fully saturated rings. The Morgan fingerprint density at radius 1 is 1.38 bits per heavy atom. The van der Waals surface area contributed by atoms with Crippen LogP contribution in [0.25, 0.3) is 0 Å². The van der Waals surface area contributed by atoms with Gasteiger partial charge in [0.15, 0.2) is 5.82 Å². The van der Waals surface area contributed by atoms with Gasteiger partial charge in [-0.15, -0.1) is 0 Å². The Labute approximate surface area is 153 Å². The molecule has 0 bridgehead atoms. The fraction of sp³-hybridized carbons (Fsp3) is 0.526. The molecule has 1 aromatic carbocycles. The van der Waals surface area contributed by atoms with Crippen molar-refractivity contribution in [3.05, 3.63) is 41.5 Å². The van der Waals surface area contributed by atoms with Crippen LogP contribution in [0.15, 0.2) is 28.8 Å². The van der Waals surface area contributed by atoms with Crippen molar-refractivity contribution >= 4 is 5.91 Å². The average Bonchev–Trinajstić information content (AvgIpc) is 3.12. The molecule has 7 heteroatoms. The van der Waals surface area contributed by atoms with Crippen molar-refractivity contribution in [2.24, 2.45) is 0 Å². The summed E-state index contributed by atoms with van der Waals surface area (Å²) in [6.07, 6.45) is 2.19. The molecule has 1 atom stereocenters. The Bertz CT molecular complexity index is 761. The van der Waals surface area contributed by atoms with Crippen LogP contribution in [0.1, 0.15) is 37.0 Å². The quantitative estimate of drug-likeness (QED) is 0.788. The molecule has 0 spiro atoms. The predicted molar refractivity (Wildman–Crippen MR) is 94.9 cm³/mol. The van der Waals surface area contributed by atoms with E-state index in [0.29, 0.717) is 31.3 Å². The second-order valence-electron chi connectivity index (χ2n) is 6.95. The van der Waals surface area contributed by atoms with E-state index in [-0.39, 0.29) is 11.3 Å². The first-order chi connectivity index (χ1) is 12.5. The Hall–Kier alpha value is -2.41. The Kier molecular flexibility index (Phi) is 5.56. The van der Waals surface area contributed by atoms with E-state index < -0.39 is 0 Å². The molecule has 1 unspecified atom stereocenters. The molecule has 3 rings (SSSR count). The Morgan fingerprint density at radius 2 is 2.23 bits per heavy atom. The van der Waals surface area contributed by atoms with Crippen LogP contribution in [0, 0.1) is 0 Å². The van der Waals surface area contributed by atoms with Gasteiger partial charge in [-0.25, -0.2) is 0 Å². The monoisotopic (exact) mass is 359 g/mol. The lowest BCUT2D eigenvalue weighted by molar-refractivity contribution is -0.132. The van der Waals surface area contributed by atoms with Gasteiger partial charge in [0.1, 0.15) is 12.4 Å². The number of carbonyl (C=O) groups excluding carboxylic acids is 1. The first kappa shape index (κ1) is 18.4. The van der Waals surface area contributed by atoms with Gasteiger partial charge in [0, 0.05) is 25.6 Å². The van der Waals surface area contributed by atoms with Crippen LogP contribution in [-0.2, 0) is 28.0 Å². The number of methoxy groups -OCH3 is 2. The molecule has 1 aliphatic rings. The van der Waals surface area contributed by atoms with Gasteiger partial charge in [0.25, 0.3) is 5.89 Å². The van der Waals surface area contributed by atoms with E-state index in [1.807, 2.05) is 29.2 Å². The third kappa shape index (κ3) is 4.04. The van der Waals surface area contributed by atoms with Gasteiger partial charge in [0.05, 0.1) is 13.5 Å². The molecule has 140 valence electrons.